The van der Waals surface area contributed by atoms with Crippen molar-refractivity contribution in [1.29, 1.82) is 5.26 Å². The van der Waals surface area contributed by atoms with E-state index < -0.39 is 5.82 Å². The first-order chi connectivity index (χ1) is 11.2. The van der Waals surface area contributed by atoms with Gasteiger partial charge in [0.15, 0.2) is 5.82 Å². The zero-order valence-electron chi connectivity index (χ0n) is 12.1. The minimum Gasteiger partial charge on any atom is -0.462 e. The summed E-state index contributed by atoms with van der Waals surface area (Å²) >= 11 is 6.06. The van der Waals surface area contributed by atoms with Crippen molar-refractivity contribution in [3.05, 3.63) is 76.5 Å². The van der Waals surface area contributed by atoms with Crippen LogP contribution in [-0.2, 0) is 0 Å². The van der Waals surface area contributed by atoms with Gasteiger partial charge in [-0.25, -0.2) is 9.37 Å². The summed E-state index contributed by atoms with van der Waals surface area (Å²) in [6.45, 7) is 0. The van der Waals surface area contributed by atoms with Gasteiger partial charge in [0.05, 0.1) is 11.8 Å². The number of halogens is 2. The molecule has 2 aromatic rings. The van der Waals surface area contributed by atoms with E-state index in [1.165, 1.54) is 0 Å². The van der Waals surface area contributed by atoms with Crippen molar-refractivity contribution in [3.63, 3.8) is 0 Å². The molecule has 23 heavy (non-hydrogen) atoms. The van der Waals surface area contributed by atoms with Gasteiger partial charge in [0.1, 0.15) is 22.7 Å². The fourth-order valence-corrected chi connectivity index (χ4v) is 2.68. The number of benzene rings is 1. The molecule has 0 fully saturated rings. The Balaban J connectivity index is 1.90. The van der Waals surface area contributed by atoms with Gasteiger partial charge >= 0.3 is 0 Å². The standard InChI is InChI=1S/C18H12ClFN2O/c19-18-17(15(10-21)16(20)11-22-18)12-6-8-14(9-7-12)23-13-4-2-1-3-5-13/h1-6,8,11H,7,9H2. The molecule has 1 aliphatic rings. The summed E-state index contributed by atoms with van der Waals surface area (Å²) in [5.74, 6) is 0.904. The van der Waals surface area contributed by atoms with Crippen LogP contribution in [0.1, 0.15) is 24.0 Å². The van der Waals surface area contributed by atoms with E-state index in [0.717, 1.165) is 23.3 Å². The third-order valence-electron chi connectivity index (χ3n) is 3.52. The van der Waals surface area contributed by atoms with E-state index in [1.807, 2.05) is 42.5 Å². The van der Waals surface area contributed by atoms with E-state index in [-0.39, 0.29) is 10.7 Å². The highest BCUT2D eigenvalue weighted by atomic mass is 35.5. The van der Waals surface area contributed by atoms with Gasteiger partial charge in [0, 0.05) is 12.0 Å². The van der Waals surface area contributed by atoms with E-state index >= 15 is 0 Å². The number of allylic oxidation sites excluding steroid dienone is 4. The van der Waals surface area contributed by atoms with Crippen LogP contribution in [0.2, 0.25) is 5.15 Å². The topological polar surface area (TPSA) is 45.9 Å². The third kappa shape index (κ3) is 3.25. The summed E-state index contributed by atoms with van der Waals surface area (Å²) < 4.78 is 19.5. The Morgan fingerprint density at radius 2 is 1.96 bits per heavy atom. The lowest BCUT2D eigenvalue weighted by Gasteiger charge is -2.17. The van der Waals surface area contributed by atoms with E-state index in [4.69, 9.17) is 21.6 Å². The zero-order chi connectivity index (χ0) is 16.2. The molecule has 1 aromatic heterocycles. The number of rotatable bonds is 3. The second kappa shape index (κ2) is 6.64. The fourth-order valence-electron chi connectivity index (χ4n) is 2.42. The summed E-state index contributed by atoms with van der Waals surface area (Å²) in [4.78, 5) is 3.80. The predicted molar refractivity (Wildman–Crippen MR) is 86.3 cm³/mol. The first-order valence-electron chi connectivity index (χ1n) is 7.06. The largest absolute Gasteiger partial charge is 0.462 e. The molecule has 0 aliphatic heterocycles. The van der Waals surface area contributed by atoms with Crippen molar-refractivity contribution in [1.82, 2.24) is 4.98 Å². The molecule has 0 saturated heterocycles. The first-order valence-corrected chi connectivity index (χ1v) is 7.44. The number of ether oxygens (including phenoxy) is 1. The van der Waals surface area contributed by atoms with Gasteiger partial charge in [-0.3, -0.25) is 0 Å². The highest BCUT2D eigenvalue weighted by Gasteiger charge is 2.19. The van der Waals surface area contributed by atoms with Gasteiger partial charge in [-0.15, -0.1) is 0 Å². The van der Waals surface area contributed by atoms with Crippen LogP contribution in [0.25, 0.3) is 5.57 Å². The van der Waals surface area contributed by atoms with Crippen molar-refractivity contribution in [2.75, 3.05) is 0 Å². The van der Waals surface area contributed by atoms with Crippen LogP contribution in [0.5, 0.6) is 5.75 Å². The highest BCUT2D eigenvalue weighted by molar-refractivity contribution is 6.31. The van der Waals surface area contributed by atoms with Crippen LogP contribution < -0.4 is 4.74 Å². The summed E-state index contributed by atoms with van der Waals surface area (Å²) in [6.07, 6.45) is 5.81. The molecule has 0 N–H and O–H groups in total. The lowest BCUT2D eigenvalue weighted by Crippen LogP contribution is -2.03. The van der Waals surface area contributed by atoms with Gasteiger partial charge in [0.2, 0.25) is 0 Å². The molecule has 3 nitrogen and oxygen atoms in total. The van der Waals surface area contributed by atoms with Crippen molar-refractivity contribution in [2.45, 2.75) is 12.8 Å². The molecule has 3 rings (SSSR count). The Morgan fingerprint density at radius 3 is 2.61 bits per heavy atom. The normalized spacial score (nSPS) is 13.8. The van der Waals surface area contributed by atoms with Gasteiger partial charge in [-0.1, -0.05) is 35.9 Å². The average Bonchev–Trinajstić information content (AvgIpc) is 2.58. The Morgan fingerprint density at radius 1 is 1.17 bits per heavy atom. The Labute approximate surface area is 138 Å². The molecule has 0 spiro atoms. The lowest BCUT2D eigenvalue weighted by molar-refractivity contribution is 0.404. The van der Waals surface area contributed by atoms with Gasteiger partial charge in [0.25, 0.3) is 0 Å². The second-order valence-electron chi connectivity index (χ2n) is 5.00. The van der Waals surface area contributed by atoms with Crippen molar-refractivity contribution in [2.24, 2.45) is 0 Å². The fraction of sp³-hybridized carbons (Fsp3) is 0.111. The number of pyridine rings is 1. The maximum atomic E-state index is 13.7. The number of para-hydroxylation sites is 1. The van der Waals surface area contributed by atoms with E-state index in [9.17, 15) is 4.39 Å². The van der Waals surface area contributed by atoms with Crippen LogP contribution in [0, 0.1) is 17.1 Å². The Bertz CT molecular complexity index is 838. The van der Waals surface area contributed by atoms with Crippen LogP contribution in [0.15, 0.2) is 54.4 Å². The summed E-state index contributed by atoms with van der Waals surface area (Å²) in [5.41, 5.74) is 1.07. The monoisotopic (exact) mass is 326 g/mol. The third-order valence-corrected chi connectivity index (χ3v) is 3.81. The molecular weight excluding hydrogens is 315 g/mol. The molecule has 0 atom stereocenters. The molecule has 0 unspecified atom stereocenters. The number of hydrogen-bond donors (Lipinski definition) is 0. The summed E-state index contributed by atoms with van der Waals surface area (Å²) in [5, 5.41) is 9.29. The van der Waals surface area contributed by atoms with Crippen molar-refractivity contribution < 1.29 is 9.13 Å². The smallest absolute Gasteiger partial charge is 0.159 e. The second-order valence-corrected chi connectivity index (χ2v) is 5.36. The van der Waals surface area contributed by atoms with E-state index in [2.05, 4.69) is 4.98 Å². The molecule has 0 amide bonds. The van der Waals surface area contributed by atoms with E-state index in [0.29, 0.717) is 18.4 Å². The molecular formula is C18H12ClFN2O. The van der Waals surface area contributed by atoms with Crippen LogP contribution >= 0.6 is 11.6 Å². The van der Waals surface area contributed by atoms with Crippen molar-refractivity contribution in [3.8, 4) is 11.8 Å². The Kier molecular flexibility index (Phi) is 4.40. The first kappa shape index (κ1) is 15.3. The van der Waals surface area contributed by atoms with Gasteiger partial charge in [-0.05, 0) is 30.2 Å². The molecule has 114 valence electrons. The number of nitriles is 1. The molecule has 1 heterocycles. The molecule has 1 aliphatic carbocycles. The van der Waals surface area contributed by atoms with Gasteiger partial charge < -0.3 is 4.74 Å². The molecule has 0 saturated carbocycles. The minimum atomic E-state index is -0.664. The minimum absolute atomic E-state index is 0.0722. The summed E-state index contributed by atoms with van der Waals surface area (Å²) in [7, 11) is 0. The number of aromatic nitrogens is 1. The summed E-state index contributed by atoms with van der Waals surface area (Å²) in [6, 6.07) is 11.3. The predicted octanol–water partition coefficient (Wildman–Crippen LogP) is 4.89. The average molecular weight is 327 g/mol. The van der Waals surface area contributed by atoms with Crippen LogP contribution in [0.4, 0.5) is 4.39 Å². The SMILES string of the molecule is N#Cc1c(F)cnc(Cl)c1C1=CC=C(Oc2ccccc2)CC1. The lowest BCUT2D eigenvalue weighted by atomic mass is 9.94. The van der Waals surface area contributed by atoms with Crippen LogP contribution in [0.3, 0.4) is 0 Å². The van der Waals surface area contributed by atoms with Crippen molar-refractivity contribution >= 4 is 17.2 Å². The zero-order valence-corrected chi connectivity index (χ0v) is 12.8. The maximum Gasteiger partial charge on any atom is 0.159 e. The molecule has 5 heteroatoms. The number of hydrogen-bond acceptors (Lipinski definition) is 3. The molecule has 1 aromatic carbocycles. The number of nitrogens with zero attached hydrogens (tertiary/aromatic N) is 2. The maximum absolute atomic E-state index is 13.7. The molecule has 0 bridgehead atoms. The van der Waals surface area contributed by atoms with Crippen LogP contribution in [-0.4, -0.2) is 4.98 Å². The Hall–Kier alpha value is -2.64. The van der Waals surface area contributed by atoms with Gasteiger partial charge in [-0.2, -0.15) is 5.26 Å². The highest BCUT2D eigenvalue weighted by Crippen LogP contribution is 2.34. The molecule has 0 radical (unpaired) electrons. The van der Waals surface area contributed by atoms with E-state index in [1.54, 1.807) is 6.08 Å². The quantitative estimate of drug-likeness (QED) is 0.755.